The van der Waals surface area contributed by atoms with Crippen LogP contribution < -0.4 is 5.32 Å². The molecule has 20 heavy (non-hydrogen) atoms. The summed E-state index contributed by atoms with van der Waals surface area (Å²) in [5.74, 6) is 0. The van der Waals surface area contributed by atoms with Crippen LogP contribution in [0.25, 0.3) is 5.57 Å². The first kappa shape index (κ1) is 20.6. The maximum absolute atomic E-state index is 3.36. The monoisotopic (exact) mass is 273 g/mol. The second kappa shape index (κ2) is 15.3. The lowest BCUT2D eigenvalue weighted by Gasteiger charge is -2.04. The highest BCUT2D eigenvalue weighted by atomic mass is 14.8. The van der Waals surface area contributed by atoms with Crippen molar-refractivity contribution in [2.45, 2.75) is 41.0 Å². The first-order valence-corrected chi connectivity index (χ1v) is 7.41. The molecule has 1 aromatic carbocycles. The fraction of sp³-hybridized carbons (Fsp3) is 0.368. The van der Waals surface area contributed by atoms with Gasteiger partial charge in [-0.15, -0.1) is 6.58 Å². The van der Waals surface area contributed by atoms with Gasteiger partial charge in [-0.25, -0.2) is 0 Å². The van der Waals surface area contributed by atoms with Gasteiger partial charge < -0.3 is 5.32 Å². The van der Waals surface area contributed by atoms with Gasteiger partial charge in [0.05, 0.1) is 0 Å². The lowest BCUT2D eigenvalue weighted by molar-refractivity contribution is 1.22. The molecule has 0 atom stereocenters. The van der Waals surface area contributed by atoms with Crippen molar-refractivity contribution in [1.82, 2.24) is 0 Å². The molecule has 0 unspecified atom stereocenters. The molecule has 0 radical (unpaired) electrons. The molecule has 0 saturated carbocycles. The quantitative estimate of drug-likeness (QED) is 0.500. The van der Waals surface area contributed by atoms with Crippen LogP contribution in [-0.2, 0) is 0 Å². The Bertz CT molecular complexity index is 383. The van der Waals surface area contributed by atoms with E-state index < -0.39 is 0 Å². The number of nitrogens with one attached hydrogen (secondary N) is 1. The second-order valence-corrected chi connectivity index (χ2v) is 3.79. The average Bonchev–Trinajstić information content (AvgIpc) is 2.51. The summed E-state index contributed by atoms with van der Waals surface area (Å²) in [7, 11) is 1.93. The number of hydrogen-bond donors (Lipinski definition) is 1. The van der Waals surface area contributed by atoms with Crippen LogP contribution in [0.3, 0.4) is 0 Å². The Kier molecular flexibility index (Phi) is 15.7. The minimum Gasteiger partial charge on any atom is -0.388 e. The molecule has 0 aliphatic heterocycles. The molecule has 0 amide bonds. The fourth-order valence-corrected chi connectivity index (χ4v) is 1.43. The highest BCUT2D eigenvalue weighted by Gasteiger charge is 1.96. The molecule has 0 fully saturated rings. The first-order chi connectivity index (χ1) is 9.73. The maximum atomic E-state index is 3.36. The Hall–Kier alpha value is -1.76. The van der Waals surface area contributed by atoms with Crippen molar-refractivity contribution in [2.24, 2.45) is 0 Å². The van der Waals surface area contributed by atoms with E-state index in [9.17, 15) is 0 Å². The van der Waals surface area contributed by atoms with Gasteiger partial charge in [-0.3, -0.25) is 0 Å². The van der Waals surface area contributed by atoms with Crippen molar-refractivity contribution in [3.63, 3.8) is 0 Å². The van der Waals surface area contributed by atoms with E-state index in [-0.39, 0.29) is 0 Å². The molecule has 0 aliphatic carbocycles. The average molecular weight is 273 g/mol. The molecule has 1 heteroatoms. The van der Waals surface area contributed by atoms with Crippen LogP contribution in [0.4, 0.5) is 5.69 Å². The lowest BCUT2D eigenvalue weighted by Crippen LogP contribution is -1.88. The van der Waals surface area contributed by atoms with Crippen LogP contribution in [-0.4, -0.2) is 7.05 Å². The molecule has 0 aliphatic rings. The highest BCUT2D eigenvalue weighted by Crippen LogP contribution is 2.18. The van der Waals surface area contributed by atoms with Crippen LogP contribution in [0.5, 0.6) is 0 Å². The van der Waals surface area contributed by atoms with E-state index in [2.05, 4.69) is 68.2 Å². The van der Waals surface area contributed by atoms with Crippen LogP contribution in [0.15, 0.2) is 55.1 Å². The maximum Gasteiger partial charge on any atom is 0.0337 e. The Labute approximate surface area is 126 Å². The van der Waals surface area contributed by atoms with Crippen molar-refractivity contribution >= 4 is 11.3 Å². The summed E-state index contributed by atoms with van der Waals surface area (Å²) in [5, 5.41) is 3.12. The predicted octanol–water partition coefficient (Wildman–Crippen LogP) is 6.32. The van der Waals surface area contributed by atoms with Crippen molar-refractivity contribution in [2.75, 3.05) is 12.4 Å². The van der Waals surface area contributed by atoms with Gasteiger partial charge in [-0.05, 0) is 43.5 Å². The zero-order valence-electron chi connectivity index (χ0n) is 14.0. The molecule has 0 heterocycles. The van der Waals surface area contributed by atoms with Gasteiger partial charge in [0.1, 0.15) is 0 Å². The van der Waals surface area contributed by atoms with Crippen LogP contribution in [0.1, 0.15) is 46.6 Å². The van der Waals surface area contributed by atoms with E-state index in [1.165, 1.54) is 11.1 Å². The van der Waals surface area contributed by atoms with Crippen molar-refractivity contribution in [3.8, 4) is 0 Å². The molecule has 1 aromatic rings. The third-order valence-corrected chi connectivity index (χ3v) is 2.35. The Morgan fingerprint density at radius 3 is 2.00 bits per heavy atom. The van der Waals surface area contributed by atoms with Gasteiger partial charge in [0.2, 0.25) is 0 Å². The standard InChI is InChI=1S/C14H19N.C3H6.C2H6/c1-4-6-7-12(5-2)13-8-10-14(15-3)11-9-13;1-3-2;1-2/h5-11,15H,4H2,1-3H3;3H,1H2,2H3;1-2H3/b7-6-,12-5+;;. The van der Waals surface area contributed by atoms with E-state index in [1.807, 2.05) is 27.8 Å². The summed E-state index contributed by atoms with van der Waals surface area (Å²) in [6.07, 6.45) is 9.32. The Balaban J connectivity index is 0. The Morgan fingerprint density at radius 2 is 1.65 bits per heavy atom. The van der Waals surface area contributed by atoms with Gasteiger partial charge in [-0.1, -0.05) is 57.2 Å². The van der Waals surface area contributed by atoms with Crippen LogP contribution in [0.2, 0.25) is 0 Å². The molecular formula is C19H31N. The molecular weight excluding hydrogens is 242 g/mol. The number of anilines is 1. The molecule has 112 valence electrons. The topological polar surface area (TPSA) is 12.0 Å². The van der Waals surface area contributed by atoms with Crippen molar-refractivity contribution in [3.05, 3.63) is 60.7 Å². The minimum absolute atomic E-state index is 1.08. The summed E-state index contributed by atoms with van der Waals surface area (Å²) >= 11 is 0. The summed E-state index contributed by atoms with van der Waals surface area (Å²) in [6.45, 7) is 13.5. The largest absolute Gasteiger partial charge is 0.388 e. The predicted molar refractivity (Wildman–Crippen MR) is 96.3 cm³/mol. The molecule has 0 bridgehead atoms. The summed E-state index contributed by atoms with van der Waals surface area (Å²) < 4.78 is 0. The zero-order valence-corrected chi connectivity index (χ0v) is 14.0. The van der Waals surface area contributed by atoms with E-state index in [0.29, 0.717) is 0 Å². The number of hydrogen-bond acceptors (Lipinski definition) is 1. The second-order valence-electron chi connectivity index (χ2n) is 3.79. The van der Waals surface area contributed by atoms with E-state index in [4.69, 9.17) is 0 Å². The SMILES string of the molecule is C/C=C(\C=C/CC)c1ccc(NC)cc1.C=CC.CC. The third-order valence-electron chi connectivity index (χ3n) is 2.35. The minimum atomic E-state index is 1.08. The Morgan fingerprint density at radius 1 is 1.15 bits per heavy atom. The summed E-state index contributed by atoms with van der Waals surface area (Å²) in [4.78, 5) is 0. The van der Waals surface area contributed by atoms with Crippen LogP contribution in [0, 0.1) is 0 Å². The van der Waals surface area contributed by atoms with Crippen molar-refractivity contribution in [1.29, 1.82) is 0 Å². The molecule has 1 N–H and O–H groups in total. The van der Waals surface area contributed by atoms with Gasteiger partial charge in [-0.2, -0.15) is 0 Å². The number of benzene rings is 1. The number of allylic oxidation sites excluding steroid dienone is 5. The molecule has 0 aromatic heterocycles. The first-order valence-electron chi connectivity index (χ1n) is 7.41. The smallest absolute Gasteiger partial charge is 0.0337 e. The summed E-state index contributed by atoms with van der Waals surface area (Å²) in [5.41, 5.74) is 3.69. The van der Waals surface area contributed by atoms with Gasteiger partial charge in [0.25, 0.3) is 0 Å². The lowest BCUT2D eigenvalue weighted by atomic mass is 10.0. The molecule has 1 rings (SSSR count). The van der Waals surface area contributed by atoms with E-state index >= 15 is 0 Å². The zero-order chi connectivity index (χ0) is 15.8. The van der Waals surface area contributed by atoms with Gasteiger partial charge in [0, 0.05) is 12.7 Å². The van der Waals surface area contributed by atoms with Gasteiger partial charge >= 0.3 is 0 Å². The van der Waals surface area contributed by atoms with E-state index in [0.717, 1.165) is 12.1 Å². The van der Waals surface area contributed by atoms with E-state index in [1.54, 1.807) is 6.08 Å². The molecule has 1 nitrogen and oxygen atoms in total. The molecule has 0 saturated heterocycles. The van der Waals surface area contributed by atoms with Gasteiger partial charge in [0.15, 0.2) is 0 Å². The highest BCUT2D eigenvalue weighted by molar-refractivity contribution is 5.74. The summed E-state index contributed by atoms with van der Waals surface area (Å²) in [6, 6.07) is 8.47. The van der Waals surface area contributed by atoms with Crippen molar-refractivity contribution < 1.29 is 0 Å². The van der Waals surface area contributed by atoms with Crippen LogP contribution >= 0.6 is 0 Å². The fourth-order valence-electron chi connectivity index (χ4n) is 1.43. The third kappa shape index (κ3) is 9.21. The normalized spacial score (nSPS) is 10.0. The number of rotatable bonds is 4. The molecule has 0 spiro atoms.